The summed E-state index contributed by atoms with van der Waals surface area (Å²) in [6, 6.07) is 12.1. The Hall–Kier alpha value is -2.56. The summed E-state index contributed by atoms with van der Waals surface area (Å²) in [6.07, 6.45) is 3.88. The van der Waals surface area contributed by atoms with Crippen LogP contribution in [0.25, 0.3) is 5.69 Å². The van der Waals surface area contributed by atoms with Crippen LogP contribution in [0.3, 0.4) is 0 Å². The highest BCUT2D eigenvalue weighted by atomic mass is 16.2. The second-order valence-corrected chi connectivity index (χ2v) is 9.10. The molecule has 2 amide bonds. The molecule has 1 aromatic carbocycles. The van der Waals surface area contributed by atoms with Crippen LogP contribution in [0.1, 0.15) is 54.4 Å². The van der Waals surface area contributed by atoms with Gasteiger partial charge in [-0.05, 0) is 81.8 Å². The number of piperidine rings is 2. The molecule has 0 bridgehead atoms. The van der Waals surface area contributed by atoms with Crippen LogP contribution >= 0.6 is 0 Å². The zero-order valence-corrected chi connectivity index (χ0v) is 18.4. The van der Waals surface area contributed by atoms with Crippen molar-refractivity contribution in [2.75, 3.05) is 26.2 Å². The van der Waals surface area contributed by atoms with E-state index in [1.54, 1.807) is 0 Å². The number of benzene rings is 1. The van der Waals surface area contributed by atoms with Crippen LogP contribution in [0, 0.1) is 25.7 Å². The van der Waals surface area contributed by atoms with Gasteiger partial charge in [0.1, 0.15) is 0 Å². The van der Waals surface area contributed by atoms with Crippen molar-refractivity contribution in [3.8, 4) is 5.69 Å². The van der Waals surface area contributed by atoms with Crippen molar-refractivity contribution >= 4 is 11.8 Å². The first-order valence-electron chi connectivity index (χ1n) is 11.3. The van der Waals surface area contributed by atoms with E-state index >= 15 is 0 Å². The third-order valence-electron chi connectivity index (χ3n) is 6.74. The first-order valence-corrected chi connectivity index (χ1v) is 11.3. The van der Waals surface area contributed by atoms with Gasteiger partial charge in [-0.25, -0.2) is 0 Å². The largest absolute Gasteiger partial charge is 0.342 e. The first kappa shape index (κ1) is 20.7. The Labute approximate surface area is 179 Å². The van der Waals surface area contributed by atoms with Gasteiger partial charge < -0.3 is 14.4 Å². The highest BCUT2D eigenvalue weighted by Crippen LogP contribution is 2.25. The lowest BCUT2D eigenvalue weighted by molar-refractivity contribution is -0.138. The molecule has 5 heteroatoms. The normalized spacial score (nSPS) is 20.4. The molecule has 0 N–H and O–H groups in total. The molecule has 0 saturated carbocycles. The monoisotopic (exact) mass is 407 g/mol. The smallest absolute Gasteiger partial charge is 0.253 e. The predicted molar refractivity (Wildman–Crippen MR) is 119 cm³/mol. The van der Waals surface area contributed by atoms with Crippen LogP contribution in [-0.2, 0) is 4.79 Å². The van der Waals surface area contributed by atoms with Crippen LogP contribution in [0.4, 0.5) is 0 Å². The maximum atomic E-state index is 13.0. The fraction of sp³-hybridized carbons (Fsp3) is 0.520. The van der Waals surface area contributed by atoms with Gasteiger partial charge in [-0.1, -0.05) is 6.92 Å². The topological polar surface area (TPSA) is 45.6 Å². The molecule has 2 aliphatic rings. The summed E-state index contributed by atoms with van der Waals surface area (Å²) in [5.74, 6) is 1.04. The average molecular weight is 408 g/mol. The van der Waals surface area contributed by atoms with Gasteiger partial charge in [0.05, 0.1) is 0 Å². The molecule has 4 rings (SSSR count). The van der Waals surface area contributed by atoms with E-state index in [0.29, 0.717) is 24.9 Å². The lowest BCUT2D eigenvalue weighted by Gasteiger charge is -2.37. The van der Waals surface area contributed by atoms with E-state index in [1.807, 2.05) is 29.2 Å². The van der Waals surface area contributed by atoms with Crippen molar-refractivity contribution in [3.05, 3.63) is 53.3 Å². The van der Waals surface area contributed by atoms with Gasteiger partial charge in [-0.2, -0.15) is 0 Å². The van der Waals surface area contributed by atoms with Gasteiger partial charge in [0.2, 0.25) is 5.91 Å². The van der Waals surface area contributed by atoms with Crippen LogP contribution in [-0.4, -0.2) is 52.4 Å². The van der Waals surface area contributed by atoms with Gasteiger partial charge in [-0.3, -0.25) is 9.59 Å². The molecule has 0 spiro atoms. The Kier molecular flexibility index (Phi) is 5.98. The number of carbonyl (C=O) groups excluding carboxylic acids is 2. The number of aromatic nitrogens is 1. The molecule has 0 radical (unpaired) electrons. The van der Waals surface area contributed by atoms with Crippen LogP contribution in [0.2, 0.25) is 0 Å². The molecule has 1 unspecified atom stereocenters. The van der Waals surface area contributed by atoms with Gasteiger partial charge in [0, 0.05) is 54.7 Å². The van der Waals surface area contributed by atoms with Crippen molar-refractivity contribution in [2.24, 2.45) is 11.8 Å². The van der Waals surface area contributed by atoms with Gasteiger partial charge in [0.15, 0.2) is 0 Å². The Morgan fingerprint density at radius 1 is 0.833 bits per heavy atom. The lowest BCUT2D eigenvalue weighted by atomic mass is 9.92. The molecule has 1 atom stereocenters. The minimum absolute atomic E-state index is 0.0694. The summed E-state index contributed by atoms with van der Waals surface area (Å²) in [5, 5.41) is 0. The molecule has 30 heavy (non-hydrogen) atoms. The van der Waals surface area contributed by atoms with E-state index in [1.165, 1.54) is 17.8 Å². The number of hydrogen-bond donors (Lipinski definition) is 0. The number of hydrogen-bond acceptors (Lipinski definition) is 2. The molecular formula is C25H33N3O2. The summed E-state index contributed by atoms with van der Waals surface area (Å²) in [4.78, 5) is 29.8. The Morgan fingerprint density at radius 2 is 1.47 bits per heavy atom. The van der Waals surface area contributed by atoms with Crippen molar-refractivity contribution in [1.29, 1.82) is 0 Å². The van der Waals surface area contributed by atoms with Crippen molar-refractivity contribution in [3.63, 3.8) is 0 Å². The second-order valence-electron chi connectivity index (χ2n) is 9.10. The van der Waals surface area contributed by atoms with E-state index in [9.17, 15) is 9.59 Å². The van der Waals surface area contributed by atoms with E-state index in [-0.39, 0.29) is 11.8 Å². The summed E-state index contributed by atoms with van der Waals surface area (Å²) in [6.45, 7) is 9.51. The van der Waals surface area contributed by atoms with E-state index in [0.717, 1.165) is 43.6 Å². The molecule has 3 heterocycles. The zero-order chi connectivity index (χ0) is 21.3. The van der Waals surface area contributed by atoms with Gasteiger partial charge >= 0.3 is 0 Å². The van der Waals surface area contributed by atoms with E-state index in [2.05, 4.69) is 42.4 Å². The molecule has 2 aliphatic heterocycles. The van der Waals surface area contributed by atoms with Gasteiger partial charge in [-0.15, -0.1) is 0 Å². The summed E-state index contributed by atoms with van der Waals surface area (Å²) in [7, 11) is 0. The molecule has 1 aromatic heterocycles. The van der Waals surface area contributed by atoms with Gasteiger partial charge in [0.25, 0.3) is 5.91 Å². The van der Waals surface area contributed by atoms with Crippen LogP contribution in [0.15, 0.2) is 36.4 Å². The number of carbonyl (C=O) groups is 2. The van der Waals surface area contributed by atoms with E-state index in [4.69, 9.17) is 0 Å². The number of likely N-dealkylation sites (tertiary alicyclic amines) is 2. The first-order chi connectivity index (χ1) is 14.4. The van der Waals surface area contributed by atoms with E-state index < -0.39 is 0 Å². The summed E-state index contributed by atoms with van der Waals surface area (Å²) < 4.78 is 2.19. The molecule has 2 fully saturated rings. The summed E-state index contributed by atoms with van der Waals surface area (Å²) >= 11 is 0. The number of amides is 2. The number of nitrogens with zero attached hydrogens (tertiary/aromatic N) is 3. The predicted octanol–water partition coefficient (Wildman–Crippen LogP) is 4.20. The SMILES string of the molecule is Cc1ccc(C)n1-c1ccc(C(=O)N2CCC(C(=O)N3CCCC(C)C3)CC2)cc1. The third-order valence-corrected chi connectivity index (χ3v) is 6.74. The van der Waals surface area contributed by atoms with Crippen molar-refractivity contribution in [1.82, 2.24) is 14.4 Å². The molecular weight excluding hydrogens is 374 g/mol. The molecule has 2 saturated heterocycles. The minimum Gasteiger partial charge on any atom is -0.342 e. The molecule has 0 aliphatic carbocycles. The molecule has 160 valence electrons. The quantitative estimate of drug-likeness (QED) is 0.765. The Balaban J connectivity index is 1.36. The highest BCUT2D eigenvalue weighted by Gasteiger charge is 2.32. The third kappa shape index (κ3) is 4.16. The fourth-order valence-electron chi connectivity index (χ4n) is 4.99. The maximum Gasteiger partial charge on any atom is 0.253 e. The van der Waals surface area contributed by atoms with Crippen molar-refractivity contribution < 1.29 is 9.59 Å². The molecule has 5 nitrogen and oxygen atoms in total. The lowest BCUT2D eigenvalue weighted by Crippen LogP contribution is -2.47. The Bertz CT molecular complexity index is 887. The average Bonchev–Trinajstić information content (AvgIpc) is 3.11. The highest BCUT2D eigenvalue weighted by molar-refractivity contribution is 5.94. The Morgan fingerprint density at radius 3 is 2.07 bits per heavy atom. The van der Waals surface area contributed by atoms with Crippen LogP contribution < -0.4 is 0 Å². The maximum absolute atomic E-state index is 13.0. The standard InChI is InChI=1S/C25H33N3O2/c1-18-5-4-14-27(17-18)25(30)22-12-15-26(16-13-22)24(29)21-8-10-23(11-9-21)28-19(2)6-7-20(28)3/h6-11,18,22H,4-5,12-17H2,1-3H3. The zero-order valence-electron chi connectivity index (χ0n) is 18.4. The number of aryl methyl sites for hydroxylation is 2. The molecule has 2 aromatic rings. The second kappa shape index (κ2) is 8.66. The fourth-order valence-corrected chi connectivity index (χ4v) is 4.99. The summed E-state index contributed by atoms with van der Waals surface area (Å²) in [5.41, 5.74) is 4.16. The minimum atomic E-state index is 0.0694. The van der Waals surface area contributed by atoms with Crippen molar-refractivity contribution in [2.45, 2.75) is 46.5 Å². The number of rotatable bonds is 3. The van der Waals surface area contributed by atoms with Crippen LogP contribution in [0.5, 0.6) is 0 Å².